The molecule has 4 aromatic rings. The molecule has 40 heavy (non-hydrogen) atoms. The number of aryl methyl sites for hydroxylation is 1. The largest absolute Gasteiger partial charge is 0.744 e. The topological polar surface area (TPSA) is 139 Å². The van der Waals surface area contributed by atoms with Crippen LogP contribution in [0.4, 0.5) is 0 Å². The van der Waals surface area contributed by atoms with Gasteiger partial charge in [-0.2, -0.15) is 4.57 Å². The van der Waals surface area contributed by atoms with Crippen LogP contribution in [0.15, 0.2) is 77.7 Å². The minimum atomic E-state index is -4.78. The highest BCUT2D eigenvalue weighted by Gasteiger charge is 2.32. The summed E-state index contributed by atoms with van der Waals surface area (Å²) in [5.41, 5.74) is 7.84. The van der Waals surface area contributed by atoms with Gasteiger partial charge >= 0.3 is 5.97 Å². The number of pyridine rings is 1. The second kappa shape index (κ2) is 11.6. The highest BCUT2D eigenvalue weighted by Crippen LogP contribution is 2.40. The van der Waals surface area contributed by atoms with E-state index in [2.05, 4.69) is 23.6 Å². The lowest BCUT2D eigenvalue weighted by molar-refractivity contribution is -0.676. The molecule has 208 valence electrons. The third-order valence-corrected chi connectivity index (χ3v) is 8.13. The number of carboxylic acid groups (broad SMARTS) is 1. The van der Waals surface area contributed by atoms with Gasteiger partial charge in [0.05, 0.1) is 17.6 Å². The third-order valence-electron chi connectivity index (χ3n) is 7.28. The molecule has 1 aliphatic carbocycles. The van der Waals surface area contributed by atoms with E-state index >= 15 is 0 Å². The number of methoxy groups -OCH3 is 1. The van der Waals surface area contributed by atoms with Crippen molar-refractivity contribution in [2.45, 2.75) is 44.0 Å². The standard InChI is InChI=1S/C31H29NO6S.H2O/c1-3-4-17-32-27(21-9-11-22(12-10-21)31(33)34)19-26(23-14-16-28(38-2)29(18-23)39(35,36)37)25-15-13-20-7-5-6-8-24(20)30(25)32;/h5-12,14,16,18-19H,3-4,13,15,17H2,1-2H3,(H-,33,34,35,36,37);1H2. The van der Waals surface area contributed by atoms with Gasteiger partial charge in [0.2, 0.25) is 11.4 Å². The van der Waals surface area contributed by atoms with Gasteiger partial charge in [-0.3, -0.25) is 0 Å². The highest BCUT2D eigenvalue weighted by molar-refractivity contribution is 7.85. The summed E-state index contributed by atoms with van der Waals surface area (Å²) in [7, 11) is -3.44. The first kappa shape index (κ1) is 28.9. The van der Waals surface area contributed by atoms with E-state index in [1.165, 1.54) is 24.8 Å². The molecule has 0 aliphatic heterocycles. The SMILES string of the molecule is CCCC[n+]1c(-c2ccc(C(=O)O)cc2)cc(-c2ccc(OC)c(S(=O)(=O)[O-])c2)c2c1-c1ccccc1CC2.O. The van der Waals surface area contributed by atoms with Crippen LogP contribution in [0.3, 0.4) is 0 Å². The Morgan fingerprint density at radius 2 is 1.68 bits per heavy atom. The second-order valence-corrected chi connectivity index (χ2v) is 11.0. The van der Waals surface area contributed by atoms with Crippen molar-refractivity contribution in [1.82, 2.24) is 0 Å². The van der Waals surface area contributed by atoms with Gasteiger partial charge in [0.1, 0.15) is 22.4 Å². The predicted octanol–water partition coefficient (Wildman–Crippen LogP) is 4.66. The smallest absolute Gasteiger partial charge is 0.335 e. The maximum absolute atomic E-state index is 12.1. The van der Waals surface area contributed by atoms with Crippen molar-refractivity contribution < 1.29 is 37.7 Å². The van der Waals surface area contributed by atoms with Crippen molar-refractivity contribution >= 4 is 16.1 Å². The van der Waals surface area contributed by atoms with E-state index in [1.807, 2.05) is 18.2 Å². The minimum Gasteiger partial charge on any atom is -0.744 e. The van der Waals surface area contributed by atoms with Gasteiger partial charge < -0.3 is 19.9 Å². The zero-order valence-corrected chi connectivity index (χ0v) is 23.1. The molecule has 9 heteroatoms. The highest BCUT2D eigenvalue weighted by atomic mass is 32.2. The molecule has 1 aliphatic rings. The van der Waals surface area contributed by atoms with Crippen LogP contribution in [0, 0.1) is 0 Å². The van der Waals surface area contributed by atoms with Crippen molar-refractivity contribution in [3.63, 3.8) is 0 Å². The molecule has 1 heterocycles. The van der Waals surface area contributed by atoms with Gasteiger partial charge in [-0.25, -0.2) is 13.2 Å². The lowest BCUT2D eigenvalue weighted by Crippen LogP contribution is -2.41. The average molecular weight is 562 g/mol. The van der Waals surface area contributed by atoms with E-state index in [0.29, 0.717) is 5.56 Å². The Bertz CT molecular complexity index is 1680. The fourth-order valence-corrected chi connectivity index (χ4v) is 6.04. The summed E-state index contributed by atoms with van der Waals surface area (Å²) in [5, 5.41) is 9.42. The van der Waals surface area contributed by atoms with Gasteiger partial charge in [-0.1, -0.05) is 37.6 Å². The number of aromatic carboxylic acids is 1. The van der Waals surface area contributed by atoms with Crippen LogP contribution in [-0.4, -0.2) is 36.6 Å². The Hall–Kier alpha value is -4.05. The van der Waals surface area contributed by atoms with E-state index < -0.39 is 21.0 Å². The first-order valence-electron chi connectivity index (χ1n) is 12.9. The fraction of sp³-hybridized carbons (Fsp3) is 0.226. The first-order valence-corrected chi connectivity index (χ1v) is 14.3. The lowest BCUT2D eigenvalue weighted by atomic mass is 9.83. The number of ether oxygens (including phenoxy) is 1. The van der Waals surface area contributed by atoms with Gasteiger partial charge in [-0.05, 0) is 72.0 Å². The number of carbonyl (C=O) groups is 1. The summed E-state index contributed by atoms with van der Waals surface area (Å²) in [6, 6.07) is 21.8. The molecule has 1 aromatic heterocycles. The Labute approximate surface area is 233 Å². The number of aromatic nitrogens is 1. The van der Waals surface area contributed by atoms with Crippen LogP contribution >= 0.6 is 0 Å². The number of carboxylic acids is 1. The Morgan fingerprint density at radius 1 is 0.975 bits per heavy atom. The maximum Gasteiger partial charge on any atom is 0.335 e. The third kappa shape index (κ3) is 5.36. The molecule has 0 saturated carbocycles. The molecule has 0 fully saturated rings. The summed E-state index contributed by atoms with van der Waals surface area (Å²) >= 11 is 0. The molecule has 0 amide bonds. The molecule has 3 aromatic carbocycles. The van der Waals surface area contributed by atoms with E-state index in [0.717, 1.165) is 65.9 Å². The van der Waals surface area contributed by atoms with E-state index in [-0.39, 0.29) is 16.8 Å². The van der Waals surface area contributed by atoms with Gasteiger partial charge in [0.25, 0.3) is 0 Å². The minimum absolute atomic E-state index is 0. The summed E-state index contributed by atoms with van der Waals surface area (Å²) in [4.78, 5) is 11.1. The second-order valence-electron chi connectivity index (χ2n) is 9.64. The number of hydrogen-bond acceptors (Lipinski definition) is 5. The molecule has 0 spiro atoms. The first-order chi connectivity index (χ1) is 18.7. The number of benzene rings is 3. The van der Waals surface area contributed by atoms with Crippen molar-refractivity contribution in [2.24, 2.45) is 0 Å². The zero-order valence-electron chi connectivity index (χ0n) is 22.3. The molecule has 0 unspecified atom stereocenters. The average Bonchev–Trinajstić information content (AvgIpc) is 2.94. The van der Waals surface area contributed by atoms with E-state index in [4.69, 9.17) is 4.74 Å². The van der Waals surface area contributed by atoms with E-state index in [9.17, 15) is 22.9 Å². The Morgan fingerprint density at radius 3 is 2.33 bits per heavy atom. The number of nitrogens with zero attached hydrogens (tertiary/aromatic N) is 1. The molecule has 0 saturated heterocycles. The number of fused-ring (bicyclic) bond motifs is 3. The normalized spacial score (nSPS) is 12.2. The van der Waals surface area contributed by atoms with Crippen LogP contribution < -0.4 is 9.30 Å². The van der Waals surface area contributed by atoms with Crippen LogP contribution in [0.2, 0.25) is 0 Å². The number of rotatable bonds is 8. The van der Waals surface area contributed by atoms with Crippen molar-refractivity contribution in [2.75, 3.05) is 7.11 Å². The summed E-state index contributed by atoms with van der Waals surface area (Å²) < 4.78 is 43.8. The van der Waals surface area contributed by atoms with E-state index in [1.54, 1.807) is 30.3 Å². The Balaban J connectivity index is 0.00000370. The van der Waals surface area contributed by atoms with Crippen molar-refractivity contribution in [3.8, 4) is 39.4 Å². The molecule has 0 bridgehead atoms. The molecule has 3 N–H and O–H groups in total. The summed E-state index contributed by atoms with van der Waals surface area (Å²) in [6.45, 7) is 2.89. The van der Waals surface area contributed by atoms with Gasteiger partial charge in [0.15, 0.2) is 0 Å². The molecule has 0 atom stereocenters. The maximum atomic E-state index is 12.1. The van der Waals surface area contributed by atoms with Crippen molar-refractivity contribution in [3.05, 3.63) is 89.5 Å². The molecule has 5 rings (SSSR count). The van der Waals surface area contributed by atoms with Crippen LogP contribution in [-0.2, 0) is 29.5 Å². The van der Waals surface area contributed by atoms with Crippen LogP contribution in [0.5, 0.6) is 5.75 Å². The zero-order chi connectivity index (χ0) is 27.7. The predicted molar refractivity (Wildman–Crippen MR) is 150 cm³/mol. The quantitative estimate of drug-likeness (QED) is 0.245. The van der Waals surface area contributed by atoms with Crippen LogP contribution in [0.25, 0.3) is 33.6 Å². The summed E-state index contributed by atoms with van der Waals surface area (Å²) in [5.74, 6) is -0.989. The Kier molecular flexibility index (Phi) is 8.39. The molecular formula is C31H31NO7S. The molecule has 8 nitrogen and oxygen atoms in total. The molecule has 0 radical (unpaired) electrons. The lowest BCUT2D eigenvalue weighted by Gasteiger charge is -2.23. The molecular weight excluding hydrogens is 530 g/mol. The number of hydrogen-bond donors (Lipinski definition) is 1. The van der Waals surface area contributed by atoms with Crippen molar-refractivity contribution in [1.29, 1.82) is 0 Å². The fourth-order valence-electron chi connectivity index (χ4n) is 5.37. The van der Waals surface area contributed by atoms with Gasteiger partial charge in [0, 0.05) is 29.2 Å². The monoisotopic (exact) mass is 561 g/mol. The number of unbranched alkanes of at least 4 members (excludes halogenated alkanes) is 1. The van der Waals surface area contributed by atoms with Gasteiger partial charge in [-0.15, -0.1) is 0 Å². The summed E-state index contributed by atoms with van der Waals surface area (Å²) in [6.07, 6.45) is 3.52. The van der Waals surface area contributed by atoms with Crippen LogP contribution in [0.1, 0.15) is 41.3 Å².